The number of aryl methyl sites for hydroxylation is 1. The fourth-order valence-electron chi connectivity index (χ4n) is 1.98. The molecule has 2 nitrogen and oxygen atoms in total. The fraction of sp³-hybridized carbons (Fsp3) is 0.438. The van der Waals surface area contributed by atoms with E-state index in [4.69, 9.17) is 16.3 Å². The number of ether oxygens (including phenoxy) is 1. The summed E-state index contributed by atoms with van der Waals surface area (Å²) in [4.78, 5) is 4.42. The van der Waals surface area contributed by atoms with Crippen molar-refractivity contribution in [3.63, 3.8) is 0 Å². The zero-order valence-corrected chi connectivity index (χ0v) is 13.9. The number of rotatable bonds is 4. The van der Waals surface area contributed by atoms with Gasteiger partial charge < -0.3 is 4.74 Å². The Hall–Kier alpha value is -1.06. The Balaban J connectivity index is 2.18. The largest absolute Gasteiger partial charge is 0.486 e. The number of benzene rings is 1. The molecule has 0 aliphatic carbocycles. The molecule has 0 fully saturated rings. The van der Waals surface area contributed by atoms with Gasteiger partial charge in [0.15, 0.2) is 0 Å². The molecule has 1 aromatic carbocycles. The summed E-state index contributed by atoms with van der Waals surface area (Å²) in [5.74, 6) is 1.40. The monoisotopic (exact) mass is 309 g/mol. The first-order valence-corrected chi connectivity index (χ1v) is 8.05. The Morgan fingerprint density at radius 2 is 2.05 bits per heavy atom. The minimum atomic E-state index is 0.0627. The van der Waals surface area contributed by atoms with E-state index in [0.29, 0.717) is 12.5 Å². The summed E-state index contributed by atoms with van der Waals surface area (Å²) >= 11 is 7.36. The van der Waals surface area contributed by atoms with E-state index in [-0.39, 0.29) is 5.41 Å². The van der Waals surface area contributed by atoms with Crippen LogP contribution in [0, 0.1) is 6.92 Å². The maximum absolute atomic E-state index is 5.99. The first-order valence-electron chi connectivity index (χ1n) is 6.63. The Morgan fingerprint density at radius 1 is 1.30 bits per heavy atom. The van der Waals surface area contributed by atoms with Crippen LogP contribution >= 0.6 is 22.9 Å². The minimum Gasteiger partial charge on any atom is -0.486 e. The van der Waals surface area contributed by atoms with E-state index in [1.807, 2.05) is 5.38 Å². The van der Waals surface area contributed by atoms with Crippen molar-refractivity contribution >= 4 is 22.9 Å². The summed E-state index contributed by atoms with van der Waals surface area (Å²) in [5, 5.41) is 2.94. The first-order chi connectivity index (χ1) is 9.40. The van der Waals surface area contributed by atoms with Gasteiger partial charge in [0.2, 0.25) is 0 Å². The molecule has 4 heteroatoms. The zero-order chi connectivity index (χ0) is 14.8. The number of halogens is 1. The molecule has 108 valence electrons. The van der Waals surface area contributed by atoms with Gasteiger partial charge >= 0.3 is 0 Å². The van der Waals surface area contributed by atoms with Crippen molar-refractivity contribution < 1.29 is 4.74 Å². The lowest BCUT2D eigenvalue weighted by Crippen LogP contribution is -2.13. The Kier molecular flexibility index (Phi) is 4.71. The lowest BCUT2D eigenvalue weighted by atomic mass is 9.86. The third kappa shape index (κ3) is 3.74. The van der Waals surface area contributed by atoms with E-state index in [0.717, 1.165) is 16.5 Å². The summed E-state index contributed by atoms with van der Waals surface area (Å²) in [6.07, 6.45) is 0. The minimum absolute atomic E-state index is 0.0627. The second kappa shape index (κ2) is 6.15. The number of hydrogen-bond donors (Lipinski definition) is 0. The lowest BCUT2D eigenvalue weighted by molar-refractivity contribution is 0.296. The van der Waals surface area contributed by atoms with E-state index in [1.54, 1.807) is 11.3 Å². The molecule has 2 aromatic rings. The number of thiazole rings is 1. The molecule has 0 radical (unpaired) electrons. The summed E-state index contributed by atoms with van der Waals surface area (Å²) in [6, 6.07) is 6.37. The van der Waals surface area contributed by atoms with Gasteiger partial charge in [0.1, 0.15) is 17.4 Å². The smallest absolute Gasteiger partial charge is 0.140 e. The molecule has 0 saturated carbocycles. The van der Waals surface area contributed by atoms with Gasteiger partial charge in [-0.3, -0.25) is 0 Å². The van der Waals surface area contributed by atoms with Crippen molar-refractivity contribution in [3.05, 3.63) is 45.4 Å². The Labute approximate surface area is 129 Å². The lowest BCUT2D eigenvalue weighted by Gasteiger charge is -2.23. The maximum atomic E-state index is 5.99. The molecule has 2 rings (SSSR count). The first kappa shape index (κ1) is 15.3. The predicted molar refractivity (Wildman–Crippen MR) is 85.9 cm³/mol. The molecule has 0 amide bonds. The second-order valence-corrected chi connectivity index (χ2v) is 7.11. The Morgan fingerprint density at radius 3 is 2.65 bits per heavy atom. The van der Waals surface area contributed by atoms with Crippen molar-refractivity contribution in [2.75, 3.05) is 0 Å². The summed E-state index contributed by atoms with van der Waals surface area (Å²) in [6.45, 7) is 9.15. The zero-order valence-electron chi connectivity index (χ0n) is 12.4. The standard InChI is InChI=1S/C16H20ClNOS/c1-11-5-6-13(16(2,3)4)14(7-11)19-9-15-18-12(8-17)10-20-15/h5-7,10H,8-9H2,1-4H3. The van der Waals surface area contributed by atoms with Gasteiger partial charge in [-0.15, -0.1) is 22.9 Å². The topological polar surface area (TPSA) is 22.1 Å². The quantitative estimate of drug-likeness (QED) is 0.736. The molecule has 0 unspecified atom stereocenters. The molecular formula is C16H20ClNOS. The van der Waals surface area contributed by atoms with Gasteiger partial charge in [0.25, 0.3) is 0 Å². The summed E-state index contributed by atoms with van der Waals surface area (Å²) in [5.41, 5.74) is 3.40. The SMILES string of the molecule is Cc1ccc(C(C)(C)C)c(OCc2nc(CCl)cs2)c1. The second-order valence-electron chi connectivity index (χ2n) is 5.90. The van der Waals surface area contributed by atoms with Crippen molar-refractivity contribution in [1.82, 2.24) is 4.98 Å². The van der Waals surface area contributed by atoms with Crippen molar-refractivity contribution in [1.29, 1.82) is 0 Å². The molecule has 1 heterocycles. The highest BCUT2D eigenvalue weighted by Gasteiger charge is 2.19. The fourth-order valence-corrected chi connectivity index (χ4v) is 2.92. The average molecular weight is 310 g/mol. The van der Waals surface area contributed by atoms with Crippen LogP contribution in [-0.4, -0.2) is 4.98 Å². The molecule has 20 heavy (non-hydrogen) atoms. The molecule has 0 N–H and O–H groups in total. The molecular weight excluding hydrogens is 290 g/mol. The van der Waals surface area contributed by atoms with Gasteiger partial charge in [-0.05, 0) is 29.5 Å². The van der Waals surface area contributed by atoms with E-state index < -0.39 is 0 Å². The average Bonchev–Trinajstić information content (AvgIpc) is 2.83. The third-order valence-electron chi connectivity index (χ3n) is 3.03. The molecule has 1 aromatic heterocycles. The van der Waals surface area contributed by atoms with E-state index in [9.17, 15) is 0 Å². The van der Waals surface area contributed by atoms with Crippen LogP contribution in [0.25, 0.3) is 0 Å². The highest BCUT2D eigenvalue weighted by molar-refractivity contribution is 7.09. The molecule has 0 spiro atoms. The van der Waals surface area contributed by atoms with Crippen LogP contribution in [0.15, 0.2) is 23.6 Å². The maximum Gasteiger partial charge on any atom is 0.140 e. The highest BCUT2D eigenvalue weighted by atomic mass is 35.5. The normalized spacial score (nSPS) is 11.7. The van der Waals surface area contributed by atoms with Gasteiger partial charge in [-0.25, -0.2) is 4.98 Å². The molecule has 0 atom stereocenters. The summed E-state index contributed by atoms with van der Waals surface area (Å²) in [7, 11) is 0. The van der Waals surface area contributed by atoms with E-state index in [2.05, 4.69) is 50.9 Å². The number of hydrogen-bond acceptors (Lipinski definition) is 3. The molecule has 0 aliphatic rings. The third-order valence-corrected chi connectivity index (χ3v) is 4.18. The van der Waals surface area contributed by atoms with Crippen LogP contribution < -0.4 is 4.74 Å². The molecule has 0 aliphatic heterocycles. The van der Waals surface area contributed by atoms with Crippen LogP contribution in [0.2, 0.25) is 0 Å². The van der Waals surface area contributed by atoms with Gasteiger partial charge in [-0.2, -0.15) is 0 Å². The highest BCUT2D eigenvalue weighted by Crippen LogP contribution is 2.32. The number of aromatic nitrogens is 1. The molecule has 0 bridgehead atoms. The van der Waals surface area contributed by atoms with Crippen LogP contribution in [0.3, 0.4) is 0 Å². The summed E-state index contributed by atoms with van der Waals surface area (Å²) < 4.78 is 5.99. The number of alkyl halides is 1. The van der Waals surface area contributed by atoms with Gasteiger partial charge in [0, 0.05) is 5.38 Å². The van der Waals surface area contributed by atoms with Crippen molar-refractivity contribution in [3.8, 4) is 5.75 Å². The predicted octanol–water partition coefficient (Wildman–Crippen LogP) is 5.07. The van der Waals surface area contributed by atoms with Crippen LogP contribution in [0.4, 0.5) is 0 Å². The van der Waals surface area contributed by atoms with Crippen molar-refractivity contribution in [2.45, 2.75) is 45.6 Å². The van der Waals surface area contributed by atoms with Crippen LogP contribution in [0.5, 0.6) is 5.75 Å². The molecule has 0 saturated heterocycles. The Bertz CT molecular complexity index is 586. The van der Waals surface area contributed by atoms with E-state index >= 15 is 0 Å². The van der Waals surface area contributed by atoms with Crippen LogP contribution in [-0.2, 0) is 17.9 Å². The van der Waals surface area contributed by atoms with Crippen molar-refractivity contribution in [2.24, 2.45) is 0 Å². The van der Waals surface area contributed by atoms with Crippen LogP contribution in [0.1, 0.15) is 42.6 Å². The van der Waals surface area contributed by atoms with Gasteiger partial charge in [-0.1, -0.05) is 32.9 Å². The number of nitrogens with zero attached hydrogens (tertiary/aromatic N) is 1. The van der Waals surface area contributed by atoms with E-state index in [1.165, 1.54) is 11.1 Å². The van der Waals surface area contributed by atoms with Gasteiger partial charge in [0.05, 0.1) is 11.6 Å².